The average Bonchev–Trinajstić information content (AvgIpc) is 3.24. The molecule has 0 radical (unpaired) electrons. The number of hydrogen-bond donors (Lipinski definition) is 1. The van der Waals surface area contributed by atoms with E-state index >= 15 is 0 Å². The Morgan fingerprint density at radius 1 is 1.15 bits per heavy atom. The number of amides is 2. The van der Waals surface area contributed by atoms with Crippen molar-refractivity contribution < 1.29 is 9.59 Å². The van der Waals surface area contributed by atoms with Crippen LogP contribution in [0.25, 0.3) is 0 Å². The lowest BCUT2D eigenvalue weighted by atomic mass is 9.83. The van der Waals surface area contributed by atoms with E-state index in [2.05, 4.69) is 12.2 Å². The van der Waals surface area contributed by atoms with Crippen LogP contribution in [0, 0.1) is 11.8 Å². The quantitative estimate of drug-likeness (QED) is 0.841. The van der Waals surface area contributed by atoms with Crippen molar-refractivity contribution in [2.24, 2.45) is 11.8 Å². The molecule has 4 nitrogen and oxygen atoms in total. The lowest BCUT2D eigenvalue weighted by Gasteiger charge is -2.41. The van der Waals surface area contributed by atoms with Gasteiger partial charge in [0.1, 0.15) is 5.54 Å². The van der Waals surface area contributed by atoms with Crippen LogP contribution < -0.4 is 5.32 Å². The highest BCUT2D eigenvalue weighted by molar-refractivity contribution is 5.94. The van der Waals surface area contributed by atoms with Crippen molar-refractivity contribution in [2.75, 3.05) is 6.54 Å². The molecule has 0 bridgehead atoms. The molecule has 2 saturated carbocycles. The van der Waals surface area contributed by atoms with Crippen LogP contribution in [0.5, 0.6) is 0 Å². The van der Waals surface area contributed by atoms with Crippen LogP contribution in [-0.2, 0) is 9.59 Å². The van der Waals surface area contributed by atoms with Gasteiger partial charge < -0.3 is 10.2 Å². The van der Waals surface area contributed by atoms with Crippen molar-refractivity contribution in [3.8, 4) is 0 Å². The fraction of sp³-hybridized carbons (Fsp3) is 0.875. The van der Waals surface area contributed by atoms with Crippen LogP contribution >= 0.6 is 0 Å². The summed E-state index contributed by atoms with van der Waals surface area (Å²) in [5.41, 5.74) is -0.648. The van der Waals surface area contributed by atoms with Gasteiger partial charge in [0.2, 0.25) is 11.8 Å². The lowest BCUT2D eigenvalue weighted by Crippen LogP contribution is -2.59. The maximum atomic E-state index is 13.1. The van der Waals surface area contributed by atoms with Gasteiger partial charge in [-0.15, -0.1) is 0 Å². The second-order valence-corrected chi connectivity index (χ2v) is 7.10. The Kier molecular flexibility index (Phi) is 3.51. The van der Waals surface area contributed by atoms with E-state index in [1.807, 2.05) is 11.8 Å². The third-order valence-corrected chi connectivity index (χ3v) is 5.54. The summed E-state index contributed by atoms with van der Waals surface area (Å²) in [5.74, 6) is 1.12. The first-order valence-electron chi connectivity index (χ1n) is 8.14. The van der Waals surface area contributed by atoms with E-state index in [0.29, 0.717) is 30.8 Å². The number of rotatable bonds is 2. The molecule has 1 aliphatic heterocycles. The highest BCUT2D eigenvalue weighted by Crippen LogP contribution is 2.42. The van der Waals surface area contributed by atoms with E-state index in [1.54, 1.807) is 0 Å². The van der Waals surface area contributed by atoms with Crippen LogP contribution in [0.15, 0.2) is 0 Å². The summed E-state index contributed by atoms with van der Waals surface area (Å²) in [7, 11) is 0. The van der Waals surface area contributed by atoms with E-state index in [-0.39, 0.29) is 11.8 Å². The number of nitrogens with zero attached hydrogens (tertiary/aromatic N) is 1. The van der Waals surface area contributed by atoms with Gasteiger partial charge in [-0.25, -0.2) is 0 Å². The minimum Gasteiger partial charge on any atom is -0.342 e. The second kappa shape index (κ2) is 5.05. The Morgan fingerprint density at radius 3 is 2.50 bits per heavy atom. The van der Waals surface area contributed by atoms with Gasteiger partial charge in [-0.05, 0) is 44.4 Å². The lowest BCUT2D eigenvalue weighted by molar-refractivity contribution is -0.142. The molecular formula is C16H26N2O2. The molecule has 3 rings (SSSR count). The minimum atomic E-state index is -0.648. The summed E-state index contributed by atoms with van der Waals surface area (Å²) in [5, 5.41) is 3.02. The van der Waals surface area contributed by atoms with Crippen molar-refractivity contribution in [3.05, 3.63) is 0 Å². The summed E-state index contributed by atoms with van der Waals surface area (Å²) in [6, 6.07) is 0.335. The molecule has 2 aliphatic carbocycles. The Hall–Kier alpha value is -1.06. The van der Waals surface area contributed by atoms with E-state index in [4.69, 9.17) is 0 Å². The topological polar surface area (TPSA) is 49.4 Å². The Morgan fingerprint density at radius 2 is 1.85 bits per heavy atom. The third kappa shape index (κ3) is 2.33. The predicted molar refractivity (Wildman–Crippen MR) is 77.0 cm³/mol. The first kappa shape index (κ1) is 13.9. The van der Waals surface area contributed by atoms with E-state index < -0.39 is 5.54 Å². The SMILES string of the molecule is CC1CCCCC1N1CCC(=O)NC(C)(C2CC2)C1=O. The first-order chi connectivity index (χ1) is 9.52. The highest BCUT2D eigenvalue weighted by atomic mass is 16.2. The maximum Gasteiger partial charge on any atom is 0.248 e. The molecule has 4 heteroatoms. The second-order valence-electron chi connectivity index (χ2n) is 7.10. The summed E-state index contributed by atoms with van der Waals surface area (Å²) in [6.07, 6.45) is 7.37. The third-order valence-electron chi connectivity index (χ3n) is 5.54. The van der Waals surface area contributed by atoms with Gasteiger partial charge in [-0.1, -0.05) is 19.8 Å². The summed E-state index contributed by atoms with van der Waals surface area (Å²) < 4.78 is 0. The van der Waals surface area contributed by atoms with Crippen LogP contribution in [0.1, 0.15) is 58.8 Å². The molecule has 20 heavy (non-hydrogen) atoms. The number of carbonyl (C=O) groups is 2. The van der Waals surface area contributed by atoms with Gasteiger partial charge in [0, 0.05) is 19.0 Å². The van der Waals surface area contributed by atoms with E-state index in [9.17, 15) is 9.59 Å². The zero-order valence-electron chi connectivity index (χ0n) is 12.7. The van der Waals surface area contributed by atoms with Gasteiger partial charge in [0.25, 0.3) is 0 Å². The van der Waals surface area contributed by atoms with Crippen molar-refractivity contribution >= 4 is 11.8 Å². The molecule has 3 atom stereocenters. The Bertz CT molecular complexity index is 419. The molecule has 0 aromatic carbocycles. The van der Waals surface area contributed by atoms with Crippen LogP contribution in [0.3, 0.4) is 0 Å². The molecule has 3 unspecified atom stereocenters. The number of nitrogens with one attached hydrogen (secondary N) is 1. The monoisotopic (exact) mass is 278 g/mol. The molecule has 1 N–H and O–H groups in total. The van der Waals surface area contributed by atoms with Crippen LogP contribution in [0.2, 0.25) is 0 Å². The number of hydrogen-bond acceptors (Lipinski definition) is 2. The summed E-state index contributed by atoms with van der Waals surface area (Å²) in [4.78, 5) is 27.1. The molecule has 0 aromatic rings. The van der Waals surface area contributed by atoms with E-state index in [0.717, 1.165) is 19.3 Å². The number of carbonyl (C=O) groups excluding carboxylic acids is 2. The fourth-order valence-corrected chi connectivity index (χ4v) is 4.04. The van der Waals surface area contributed by atoms with Crippen molar-refractivity contribution in [1.82, 2.24) is 10.2 Å². The fourth-order valence-electron chi connectivity index (χ4n) is 4.04. The van der Waals surface area contributed by atoms with Gasteiger partial charge in [0.15, 0.2) is 0 Å². The average molecular weight is 278 g/mol. The molecule has 1 heterocycles. The maximum absolute atomic E-state index is 13.1. The van der Waals surface area contributed by atoms with Gasteiger partial charge >= 0.3 is 0 Å². The molecule has 0 aromatic heterocycles. The molecular weight excluding hydrogens is 252 g/mol. The zero-order chi connectivity index (χ0) is 14.3. The largest absolute Gasteiger partial charge is 0.342 e. The smallest absolute Gasteiger partial charge is 0.248 e. The first-order valence-corrected chi connectivity index (χ1v) is 8.14. The Balaban J connectivity index is 1.85. The zero-order valence-corrected chi connectivity index (χ0v) is 12.7. The van der Waals surface area contributed by atoms with E-state index in [1.165, 1.54) is 19.3 Å². The van der Waals surface area contributed by atoms with Gasteiger partial charge in [-0.2, -0.15) is 0 Å². The summed E-state index contributed by atoms with van der Waals surface area (Å²) in [6.45, 7) is 4.80. The molecule has 3 fully saturated rings. The highest BCUT2D eigenvalue weighted by Gasteiger charge is 2.52. The van der Waals surface area contributed by atoms with Crippen LogP contribution in [-0.4, -0.2) is 34.8 Å². The van der Waals surface area contributed by atoms with Crippen LogP contribution in [0.4, 0.5) is 0 Å². The van der Waals surface area contributed by atoms with Crippen molar-refractivity contribution in [2.45, 2.75) is 70.4 Å². The molecule has 3 aliphatic rings. The minimum absolute atomic E-state index is 0.0405. The standard InChI is InChI=1S/C16H26N2O2/c1-11-5-3-4-6-13(11)18-10-9-14(19)17-16(2,15(18)20)12-7-8-12/h11-13H,3-10H2,1-2H3,(H,17,19). The molecule has 112 valence electrons. The summed E-state index contributed by atoms with van der Waals surface area (Å²) >= 11 is 0. The van der Waals surface area contributed by atoms with Gasteiger partial charge in [0.05, 0.1) is 0 Å². The molecule has 0 spiro atoms. The Labute approximate surface area is 121 Å². The predicted octanol–water partition coefficient (Wildman–Crippen LogP) is 2.08. The molecule has 2 amide bonds. The van der Waals surface area contributed by atoms with Gasteiger partial charge in [-0.3, -0.25) is 9.59 Å². The normalized spacial score (nSPS) is 39.4. The van der Waals surface area contributed by atoms with Crippen molar-refractivity contribution in [1.29, 1.82) is 0 Å². The van der Waals surface area contributed by atoms with Crippen molar-refractivity contribution in [3.63, 3.8) is 0 Å². The molecule has 1 saturated heterocycles.